The zero-order valence-corrected chi connectivity index (χ0v) is 17.9. The second-order valence-electron chi connectivity index (χ2n) is 7.70. The third kappa shape index (κ3) is 7.71. The molecule has 1 aromatic rings. The van der Waals surface area contributed by atoms with Gasteiger partial charge in [0.05, 0.1) is 13.0 Å². The number of rotatable bonds is 10. The lowest BCUT2D eigenvalue weighted by Gasteiger charge is -2.27. The summed E-state index contributed by atoms with van der Waals surface area (Å²) in [5.74, 6) is -0.298. The summed E-state index contributed by atoms with van der Waals surface area (Å²) in [6.45, 7) is 16.5. The summed E-state index contributed by atoms with van der Waals surface area (Å²) < 4.78 is 5.01. The van der Waals surface area contributed by atoms with E-state index in [-0.39, 0.29) is 23.7 Å². The van der Waals surface area contributed by atoms with Crippen molar-refractivity contribution in [3.63, 3.8) is 0 Å². The topological polar surface area (TPSA) is 49.9 Å². The third-order valence-corrected chi connectivity index (χ3v) is 4.76. The summed E-state index contributed by atoms with van der Waals surface area (Å²) in [7, 11) is 0. The van der Waals surface area contributed by atoms with Gasteiger partial charge in [0.15, 0.2) is 0 Å². The second-order valence-corrected chi connectivity index (χ2v) is 7.70. The standard InChI is InChI=1S/C22H36N2O3/c1-7-23(8-2)16-17-24(15-14-20(25)27-9-3)21(26)18-10-12-19(13-11-18)22(4,5)6/h10-13H,7-9,14-17H2,1-6H3. The Morgan fingerprint density at radius 1 is 0.926 bits per heavy atom. The Bertz CT molecular complexity index is 587. The van der Waals surface area contributed by atoms with Gasteiger partial charge >= 0.3 is 5.97 Å². The molecule has 0 saturated heterocycles. The maximum atomic E-state index is 13.0. The molecule has 0 fully saturated rings. The average molecular weight is 377 g/mol. The van der Waals surface area contributed by atoms with Gasteiger partial charge in [-0.2, -0.15) is 0 Å². The fourth-order valence-corrected chi connectivity index (χ4v) is 2.87. The number of esters is 1. The fraction of sp³-hybridized carbons (Fsp3) is 0.636. The molecule has 0 aromatic heterocycles. The van der Waals surface area contributed by atoms with Gasteiger partial charge in [-0.15, -0.1) is 0 Å². The van der Waals surface area contributed by atoms with Crippen LogP contribution < -0.4 is 0 Å². The van der Waals surface area contributed by atoms with E-state index in [1.54, 1.807) is 11.8 Å². The normalized spacial score (nSPS) is 11.5. The molecule has 0 bridgehead atoms. The molecule has 27 heavy (non-hydrogen) atoms. The van der Waals surface area contributed by atoms with Crippen molar-refractivity contribution in [2.45, 2.75) is 53.4 Å². The Balaban J connectivity index is 2.88. The smallest absolute Gasteiger partial charge is 0.307 e. The SMILES string of the molecule is CCOC(=O)CCN(CCN(CC)CC)C(=O)c1ccc(C(C)(C)C)cc1. The number of carbonyl (C=O) groups excluding carboxylic acids is 2. The average Bonchev–Trinajstić information content (AvgIpc) is 2.64. The Labute approximate surface area is 164 Å². The van der Waals surface area contributed by atoms with Crippen LogP contribution in [0.4, 0.5) is 0 Å². The highest BCUT2D eigenvalue weighted by atomic mass is 16.5. The van der Waals surface area contributed by atoms with Crippen LogP contribution in [0.15, 0.2) is 24.3 Å². The molecule has 152 valence electrons. The van der Waals surface area contributed by atoms with Gasteiger partial charge in [0, 0.05) is 25.2 Å². The number of hydrogen-bond donors (Lipinski definition) is 0. The van der Waals surface area contributed by atoms with Crippen molar-refractivity contribution in [3.05, 3.63) is 35.4 Å². The first-order valence-electron chi connectivity index (χ1n) is 10.0. The van der Waals surface area contributed by atoms with Crippen LogP contribution in [-0.2, 0) is 14.9 Å². The number of likely N-dealkylation sites (N-methyl/N-ethyl adjacent to an activating group) is 1. The molecule has 5 nitrogen and oxygen atoms in total. The minimum Gasteiger partial charge on any atom is -0.466 e. The molecule has 1 amide bonds. The Morgan fingerprint density at radius 2 is 1.52 bits per heavy atom. The molecule has 0 spiro atoms. The molecule has 0 N–H and O–H groups in total. The Morgan fingerprint density at radius 3 is 2.00 bits per heavy atom. The first kappa shape index (κ1) is 23.2. The van der Waals surface area contributed by atoms with Crippen LogP contribution in [0.3, 0.4) is 0 Å². The van der Waals surface area contributed by atoms with E-state index < -0.39 is 0 Å². The summed E-state index contributed by atoms with van der Waals surface area (Å²) in [4.78, 5) is 28.8. The van der Waals surface area contributed by atoms with Gasteiger partial charge in [-0.05, 0) is 43.1 Å². The zero-order chi connectivity index (χ0) is 20.4. The van der Waals surface area contributed by atoms with Gasteiger partial charge in [-0.3, -0.25) is 9.59 Å². The van der Waals surface area contributed by atoms with Gasteiger partial charge < -0.3 is 14.5 Å². The number of carbonyl (C=O) groups is 2. The molecule has 1 rings (SSSR count). The van der Waals surface area contributed by atoms with E-state index in [9.17, 15) is 9.59 Å². The first-order valence-corrected chi connectivity index (χ1v) is 10.0. The molecule has 0 heterocycles. The van der Waals surface area contributed by atoms with Crippen LogP contribution in [0.5, 0.6) is 0 Å². The fourth-order valence-electron chi connectivity index (χ4n) is 2.87. The summed E-state index contributed by atoms with van der Waals surface area (Å²) in [6, 6.07) is 7.80. The predicted molar refractivity (Wildman–Crippen MR) is 110 cm³/mol. The van der Waals surface area contributed by atoms with E-state index in [1.165, 1.54) is 5.56 Å². The van der Waals surface area contributed by atoms with Crippen LogP contribution in [-0.4, -0.2) is 61.0 Å². The van der Waals surface area contributed by atoms with Crippen molar-refractivity contribution in [3.8, 4) is 0 Å². The number of ether oxygens (including phenoxy) is 1. The maximum absolute atomic E-state index is 13.0. The Hall–Kier alpha value is -1.88. The number of amides is 1. The van der Waals surface area contributed by atoms with E-state index in [2.05, 4.69) is 39.5 Å². The largest absolute Gasteiger partial charge is 0.466 e. The highest BCUT2D eigenvalue weighted by Gasteiger charge is 2.19. The highest BCUT2D eigenvalue weighted by Crippen LogP contribution is 2.22. The lowest BCUT2D eigenvalue weighted by molar-refractivity contribution is -0.143. The number of nitrogens with zero attached hydrogens (tertiary/aromatic N) is 2. The van der Waals surface area contributed by atoms with Gasteiger partial charge in [-0.1, -0.05) is 46.8 Å². The van der Waals surface area contributed by atoms with Crippen LogP contribution in [0.1, 0.15) is 63.9 Å². The molecule has 1 aromatic carbocycles. The summed E-state index contributed by atoms with van der Waals surface area (Å²) >= 11 is 0. The monoisotopic (exact) mass is 376 g/mol. The molecule has 0 atom stereocenters. The van der Waals surface area contributed by atoms with Gasteiger partial charge in [0.2, 0.25) is 0 Å². The van der Waals surface area contributed by atoms with E-state index in [0.29, 0.717) is 25.3 Å². The highest BCUT2D eigenvalue weighted by molar-refractivity contribution is 5.94. The molecule has 5 heteroatoms. The zero-order valence-electron chi connectivity index (χ0n) is 17.9. The van der Waals surface area contributed by atoms with Gasteiger partial charge in [0.25, 0.3) is 5.91 Å². The second kappa shape index (κ2) is 11.1. The van der Waals surface area contributed by atoms with Crippen molar-refractivity contribution in [1.82, 2.24) is 9.80 Å². The minimum atomic E-state index is -0.263. The van der Waals surface area contributed by atoms with Crippen LogP contribution in [0.25, 0.3) is 0 Å². The van der Waals surface area contributed by atoms with Crippen molar-refractivity contribution < 1.29 is 14.3 Å². The Kier molecular flexibility index (Phi) is 9.50. The molecule has 0 aliphatic heterocycles. The lowest BCUT2D eigenvalue weighted by Crippen LogP contribution is -2.40. The predicted octanol–water partition coefficient (Wildman–Crippen LogP) is 3.72. The summed E-state index contributed by atoms with van der Waals surface area (Å²) in [5.41, 5.74) is 1.90. The maximum Gasteiger partial charge on any atom is 0.307 e. The number of hydrogen-bond acceptors (Lipinski definition) is 4. The third-order valence-electron chi connectivity index (χ3n) is 4.76. The van der Waals surface area contributed by atoms with Crippen molar-refractivity contribution in [1.29, 1.82) is 0 Å². The lowest BCUT2D eigenvalue weighted by atomic mass is 9.86. The van der Waals surface area contributed by atoms with Crippen LogP contribution in [0.2, 0.25) is 0 Å². The summed E-state index contributed by atoms with van der Waals surface area (Å²) in [6.07, 6.45) is 0.220. The van der Waals surface area contributed by atoms with Crippen LogP contribution >= 0.6 is 0 Å². The summed E-state index contributed by atoms with van der Waals surface area (Å²) in [5, 5.41) is 0. The van der Waals surface area contributed by atoms with E-state index >= 15 is 0 Å². The van der Waals surface area contributed by atoms with E-state index in [4.69, 9.17) is 4.74 Å². The van der Waals surface area contributed by atoms with Crippen LogP contribution in [0, 0.1) is 0 Å². The van der Waals surface area contributed by atoms with Crippen molar-refractivity contribution in [2.75, 3.05) is 39.3 Å². The minimum absolute atomic E-state index is 0.0353. The van der Waals surface area contributed by atoms with Gasteiger partial charge in [0.1, 0.15) is 0 Å². The molecular formula is C22H36N2O3. The molecule has 0 aliphatic carbocycles. The van der Waals surface area contributed by atoms with Gasteiger partial charge in [-0.25, -0.2) is 0 Å². The van der Waals surface area contributed by atoms with E-state index in [0.717, 1.165) is 19.6 Å². The molecule has 0 aliphatic rings. The van der Waals surface area contributed by atoms with Crippen molar-refractivity contribution in [2.24, 2.45) is 0 Å². The molecule has 0 radical (unpaired) electrons. The quantitative estimate of drug-likeness (QED) is 0.584. The van der Waals surface area contributed by atoms with E-state index in [1.807, 2.05) is 24.3 Å². The molecule has 0 unspecified atom stereocenters. The van der Waals surface area contributed by atoms with Crippen molar-refractivity contribution >= 4 is 11.9 Å². The number of benzene rings is 1. The molecule has 0 saturated carbocycles. The first-order chi connectivity index (χ1) is 12.7. The molecular weight excluding hydrogens is 340 g/mol.